The summed E-state index contributed by atoms with van der Waals surface area (Å²) in [5, 5.41) is 3.18. The molecule has 1 unspecified atom stereocenters. The van der Waals surface area contributed by atoms with Crippen LogP contribution in [0.2, 0.25) is 0 Å². The second kappa shape index (κ2) is 5.89. The summed E-state index contributed by atoms with van der Waals surface area (Å²) >= 11 is 0. The molecule has 18 heavy (non-hydrogen) atoms. The number of benzene rings is 1. The topological polar surface area (TPSA) is 32.3 Å². The molecule has 1 aromatic carbocycles. The SMILES string of the molecule is CCN(CC)C(=O)NC(c1ccccc1)C1CC1. The Balaban J connectivity index is 2.06. The molecule has 0 aliphatic heterocycles. The summed E-state index contributed by atoms with van der Waals surface area (Å²) in [4.78, 5) is 14.0. The molecule has 0 bridgehead atoms. The van der Waals surface area contributed by atoms with Gasteiger partial charge in [0.15, 0.2) is 0 Å². The van der Waals surface area contributed by atoms with Crippen LogP contribution in [0.15, 0.2) is 30.3 Å². The van der Waals surface area contributed by atoms with Crippen molar-refractivity contribution in [3.05, 3.63) is 35.9 Å². The standard InChI is InChI=1S/C15H22N2O/c1-3-17(4-2)15(18)16-14(13-10-11-13)12-8-6-5-7-9-12/h5-9,13-14H,3-4,10-11H2,1-2H3,(H,16,18). The van der Waals surface area contributed by atoms with E-state index in [1.807, 2.05) is 36.9 Å². The summed E-state index contributed by atoms with van der Waals surface area (Å²) < 4.78 is 0. The van der Waals surface area contributed by atoms with Crippen LogP contribution >= 0.6 is 0 Å². The molecule has 2 rings (SSSR count). The van der Waals surface area contributed by atoms with Gasteiger partial charge in [-0.3, -0.25) is 0 Å². The van der Waals surface area contributed by atoms with Crippen LogP contribution in [0.4, 0.5) is 4.79 Å². The molecule has 0 spiro atoms. The van der Waals surface area contributed by atoms with Crippen LogP contribution in [-0.2, 0) is 0 Å². The quantitative estimate of drug-likeness (QED) is 0.850. The molecule has 0 aromatic heterocycles. The first-order chi connectivity index (χ1) is 8.76. The predicted octanol–water partition coefficient (Wildman–Crippen LogP) is 3.19. The molecule has 0 heterocycles. The van der Waals surface area contributed by atoms with Crippen LogP contribution in [0.5, 0.6) is 0 Å². The van der Waals surface area contributed by atoms with Gasteiger partial charge in [-0.15, -0.1) is 0 Å². The van der Waals surface area contributed by atoms with Crippen molar-refractivity contribution in [2.45, 2.75) is 32.7 Å². The van der Waals surface area contributed by atoms with Crippen LogP contribution in [-0.4, -0.2) is 24.0 Å². The summed E-state index contributed by atoms with van der Waals surface area (Å²) in [6.07, 6.45) is 2.44. The van der Waals surface area contributed by atoms with Crippen LogP contribution in [0.25, 0.3) is 0 Å². The van der Waals surface area contributed by atoms with Crippen molar-refractivity contribution < 1.29 is 4.79 Å². The molecular weight excluding hydrogens is 224 g/mol. The van der Waals surface area contributed by atoms with Gasteiger partial charge in [-0.2, -0.15) is 0 Å². The lowest BCUT2D eigenvalue weighted by Gasteiger charge is -2.25. The molecule has 1 N–H and O–H groups in total. The minimum atomic E-state index is 0.0563. The summed E-state index contributed by atoms with van der Waals surface area (Å²) in [6, 6.07) is 10.5. The summed E-state index contributed by atoms with van der Waals surface area (Å²) in [7, 11) is 0. The molecule has 1 aliphatic rings. The fourth-order valence-electron chi connectivity index (χ4n) is 2.30. The molecule has 1 fully saturated rings. The van der Waals surface area contributed by atoms with Crippen LogP contribution in [0.1, 0.15) is 38.3 Å². The molecule has 0 saturated heterocycles. The van der Waals surface area contributed by atoms with Crippen molar-refractivity contribution >= 4 is 6.03 Å². The van der Waals surface area contributed by atoms with Crippen molar-refractivity contribution in [2.75, 3.05) is 13.1 Å². The molecule has 0 radical (unpaired) electrons. The van der Waals surface area contributed by atoms with Crippen molar-refractivity contribution in [3.63, 3.8) is 0 Å². The van der Waals surface area contributed by atoms with E-state index in [1.54, 1.807) is 0 Å². The number of rotatable bonds is 5. The van der Waals surface area contributed by atoms with E-state index in [4.69, 9.17) is 0 Å². The average Bonchev–Trinajstić information content (AvgIpc) is 3.23. The average molecular weight is 246 g/mol. The molecule has 1 saturated carbocycles. The number of urea groups is 1. The number of nitrogens with zero attached hydrogens (tertiary/aromatic N) is 1. The Labute approximate surface area is 109 Å². The Bertz CT molecular complexity index is 383. The smallest absolute Gasteiger partial charge is 0.317 e. The van der Waals surface area contributed by atoms with E-state index < -0.39 is 0 Å². The first-order valence-electron chi connectivity index (χ1n) is 6.86. The minimum absolute atomic E-state index is 0.0563. The Morgan fingerprint density at radius 2 is 1.89 bits per heavy atom. The van der Waals surface area contributed by atoms with E-state index in [1.165, 1.54) is 18.4 Å². The number of carbonyl (C=O) groups is 1. The molecule has 1 aromatic rings. The van der Waals surface area contributed by atoms with Gasteiger partial charge in [0, 0.05) is 13.1 Å². The highest BCUT2D eigenvalue weighted by molar-refractivity contribution is 5.74. The van der Waals surface area contributed by atoms with E-state index in [-0.39, 0.29) is 12.1 Å². The monoisotopic (exact) mass is 246 g/mol. The number of nitrogens with one attached hydrogen (secondary N) is 1. The molecule has 1 aliphatic carbocycles. The molecule has 3 nitrogen and oxygen atoms in total. The first-order valence-corrected chi connectivity index (χ1v) is 6.86. The van der Waals surface area contributed by atoms with Crippen LogP contribution < -0.4 is 5.32 Å². The Hall–Kier alpha value is -1.51. The van der Waals surface area contributed by atoms with Gasteiger partial charge < -0.3 is 10.2 Å². The zero-order valence-electron chi connectivity index (χ0n) is 11.2. The van der Waals surface area contributed by atoms with E-state index in [0.717, 1.165) is 13.1 Å². The highest BCUT2D eigenvalue weighted by Crippen LogP contribution is 2.40. The van der Waals surface area contributed by atoms with E-state index in [9.17, 15) is 4.79 Å². The second-order valence-corrected chi connectivity index (χ2v) is 4.85. The van der Waals surface area contributed by atoms with E-state index in [2.05, 4.69) is 17.4 Å². The van der Waals surface area contributed by atoms with Gasteiger partial charge in [-0.05, 0) is 38.2 Å². The fraction of sp³-hybridized carbons (Fsp3) is 0.533. The van der Waals surface area contributed by atoms with E-state index >= 15 is 0 Å². The maximum Gasteiger partial charge on any atom is 0.317 e. The zero-order valence-corrected chi connectivity index (χ0v) is 11.2. The second-order valence-electron chi connectivity index (χ2n) is 4.85. The highest BCUT2D eigenvalue weighted by atomic mass is 16.2. The third-order valence-corrected chi connectivity index (χ3v) is 3.58. The van der Waals surface area contributed by atoms with Gasteiger partial charge in [-0.25, -0.2) is 4.79 Å². The fourth-order valence-corrected chi connectivity index (χ4v) is 2.30. The van der Waals surface area contributed by atoms with Gasteiger partial charge >= 0.3 is 6.03 Å². The maximum absolute atomic E-state index is 12.1. The largest absolute Gasteiger partial charge is 0.331 e. The van der Waals surface area contributed by atoms with Gasteiger partial charge in [0.1, 0.15) is 0 Å². The normalized spacial score (nSPS) is 16.1. The third-order valence-electron chi connectivity index (χ3n) is 3.58. The Kier molecular flexibility index (Phi) is 4.24. The lowest BCUT2D eigenvalue weighted by Crippen LogP contribution is -2.42. The van der Waals surface area contributed by atoms with Crippen molar-refractivity contribution in [2.24, 2.45) is 5.92 Å². The number of carbonyl (C=O) groups excluding carboxylic acids is 1. The number of hydrogen-bond acceptors (Lipinski definition) is 1. The summed E-state index contributed by atoms with van der Waals surface area (Å²) in [5.74, 6) is 0.618. The van der Waals surface area contributed by atoms with E-state index in [0.29, 0.717) is 5.92 Å². The van der Waals surface area contributed by atoms with Gasteiger partial charge in [0.25, 0.3) is 0 Å². The zero-order chi connectivity index (χ0) is 13.0. The first kappa shape index (κ1) is 12.9. The predicted molar refractivity (Wildman–Crippen MR) is 73.4 cm³/mol. The number of hydrogen-bond donors (Lipinski definition) is 1. The Morgan fingerprint density at radius 3 is 2.39 bits per heavy atom. The van der Waals surface area contributed by atoms with Gasteiger partial charge in [-0.1, -0.05) is 30.3 Å². The Morgan fingerprint density at radius 1 is 1.28 bits per heavy atom. The molecule has 98 valence electrons. The maximum atomic E-state index is 12.1. The van der Waals surface area contributed by atoms with Crippen LogP contribution in [0, 0.1) is 5.92 Å². The lowest BCUT2D eigenvalue weighted by atomic mass is 10.0. The van der Waals surface area contributed by atoms with Gasteiger partial charge in [0.2, 0.25) is 0 Å². The lowest BCUT2D eigenvalue weighted by molar-refractivity contribution is 0.197. The number of amides is 2. The molecule has 1 atom stereocenters. The van der Waals surface area contributed by atoms with Crippen molar-refractivity contribution in [1.29, 1.82) is 0 Å². The molecule has 3 heteroatoms. The summed E-state index contributed by atoms with van der Waals surface area (Å²) in [6.45, 7) is 5.54. The van der Waals surface area contributed by atoms with Crippen molar-refractivity contribution in [1.82, 2.24) is 10.2 Å². The summed E-state index contributed by atoms with van der Waals surface area (Å²) in [5.41, 5.74) is 1.22. The minimum Gasteiger partial charge on any atom is -0.331 e. The van der Waals surface area contributed by atoms with Gasteiger partial charge in [0.05, 0.1) is 6.04 Å². The highest BCUT2D eigenvalue weighted by Gasteiger charge is 2.33. The molecule has 2 amide bonds. The van der Waals surface area contributed by atoms with Crippen LogP contribution in [0.3, 0.4) is 0 Å². The molecular formula is C15H22N2O. The van der Waals surface area contributed by atoms with Crippen molar-refractivity contribution in [3.8, 4) is 0 Å². The third kappa shape index (κ3) is 3.03.